The van der Waals surface area contributed by atoms with Gasteiger partial charge >= 0.3 is 0 Å². The standard InChI is InChI=1S/C19H28N4O2S/c1-5-23(6-2)17(15-8-7-9-16(12-15)25-4)13-21-18(24)14-26-19-20-10-11-22(19)3/h7-12,17H,5-6,13-14H2,1-4H3,(H,21,24)/t17-/m0/s1. The van der Waals surface area contributed by atoms with Crippen LogP contribution in [0, 0.1) is 0 Å². The van der Waals surface area contributed by atoms with E-state index in [0.717, 1.165) is 29.6 Å². The smallest absolute Gasteiger partial charge is 0.230 e. The van der Waals surface area contributed by atoms with E-state index in [0.29, 0.717) is 12.3 Å². The first-order valence-corrected chi connectivity index (χ1v) is 9.82. The Bertz CT molecular complexity index is 700. The van der Waals surface area contributed by atoms with Gasteiger partial charge in [-0.1, -0.05) is 37.7 Å². The van der Waals surface area contributed by atoms with Gasteiger partial charge in [0.05, 0.1) is 18.9 Å². The zero-order chi connectivity index (χ0) is 18.9. The molecule has 2 aromatic rings. The van der Waals surface area contributed by atoms with E-state index in [1.54, 1.807) is 13.3 Å². The molecule has 1 heterocycles. The number of aromatic nitrogens is 2. The van der Waals surface area contributed by atoms with Crippen molar-refractivity contribution in [1.82, 2.24) is 19.8 Å². The molecule has 142 valence electrons. The van der Waals surface area contributed by atoms with Gasteiger partial charge in [-0.05, 0) is 30.8 Å². The Morgan fingerprint density at radius 3 is 2.77 bits per heavy atom. The molecule has 0 radical (unpaired) electrons. The van der Waals surface area contributed by atoms with Crippen molar-refractivity contribution >= 4 is 17.7 Å². The molecule has 0 aliphatic heterocycles. The second-order valence-electron chi connectivity index (χ2n) is 5.93. The number of aryl methyl sites for hydroxylation is 1. The fourth-order valence-corrected chi connectivity index (χ4v) is 3.62. The highest BCUT2D eigenvalue weighted by Gasteiger charge is 2.19. The molecule has 0 unspecified atom stereocenters. The van der Waals surface area contributed by atoms with Crippen LogP contribution in [0.3, 0.4) is 0 Å². The maximum Gasteiger partial charge on any atom is 0.230 e. The van der Waals surface area contributed by atoms with Crippen molar-refractivity contribution in [2.75, 3.05) is 32.5 Å². The number of amides is 1. The molecule has 0 saturated carbocycles. The van der Waals surface area contributed by atoms with Crippen LogP contribution in [0.2, 0.25) is 0 Å². The van der Waals surface area contributed by atoms with Crippen molar-refractivity contribution in [1.29, 1.82) is 0 Å². The molecule has 1 aromatic carbocycles. The van der Waals surface area contributed by atoms with Crippen LogP contribution in [-0.4, -0.2) is 52.9 Å². The number of imidazole rings is 1. The van der Waals surface area contributed by atoms with E-state index < -0.39 is 0 Å². The SMILES string of the molecule is CCN(CC)[C@@H](CNC(=O)CSc1nccn1C)c1cccc(OC)c1. The predicted octanol–water partition coefficient (Wildman–Crippen LogP) is 2.72. The number of hydrogen-bond donors (Lipinski definition) is 1. The molecule has 26 heavy (non-hydrogen) atoms. The third-order valence-electron chi connectivity index (χ3n) is 4.33. The van der Waals surface area contributed by atoms with Gasteiger partial charge < -0.3 is 14.6 Å². The molecule has 7 heteroatoms. The Hall–Kier alpha value is -1.99. The van der Waals surface area contributed by atoms with Gasteiger partial charge in [-0.3, -0.25) is 9.69 Å². The van der Waals surface area contributed by atoms with E-state index in [4.69, 9.17) is 4.74 Å². The first-order valence-electron chi connectivity index (χ1n) is 8.83. The van der Waals surface area contributed by atoms with Gasteiger partial charge in [0.1, 0.15) is 5.75 Å². The molecule has 0 spiro atoms. The minimum Gasteiger partial charge on any atom is -0.497 e. The van der Waals surface area contributed by atoms with Gasteiger partial charge in [-0.2, -0.15) is 0 Å². The number of carbonyl (C=O) groups excluding carboxylic acids is 1. The topological polar surface area (TPSA) is 59.4 Å². The molecule has 1 amide bonds. The minimum absolute atomic E-state index is 0.0121. The second-order valence-corrected chi connectivity index (χ2v) is 6.87. The Labute approximate surface area is 159 Å². The normalized spacial score (nSPS) is 12.2. The van der Waals surface area contributed by atoms with Crippen LogP contribution in [0.5, 0.6) is 5.75 Å². The van der Waals surface area contributed by atoms with E-state index in [9.17, 15) is 4.79 Å². The number of rotatable bonds is 10. The van der Waals surface area contributed by atoms with Crippen molar-refractivity contribution in [2.24, 2.45) is 7.05 Å². The first-order chi connectivity index (χ1) is 12.6. The Morgan fingerprint density at radius 2 is 2.15 bits per heavy atom. The highest BCUT2D eigenvalue weighted by atomic mass is 32.2. The average Bonchev–Trinajstić information content (AvgIpc) is 3.08. The summed E-state index contributed by atoms with van der Waals surface area (Å²) in [5.74, 6) is 1.20. The Morgan fingerprint density at radius 1 is 1.38 bits per heavy atom. The Balaban J connectivity index is 1.99. The van der Waals surface area contributed by atoms with Crippen LogP contribution in [-0.2, 0) is 11.8 Å². The molecule has 1 N–H and O–H groups in total. The Kier molecular flexibility index (Phi) is 8.00. The van der Waals surface area contributed by atoms with Crippen LogP contribution < -0.4 is 10.1 Å². The summed E-state index contributed by atoms with van der Waals surface area (Å²) in [4.78, 5) is 18.9. The molecule has 6 nitrogen and oxygen atoms in total. The highest BCUT2D eigenvalue weighted by molar-refractivity contribution is 7.99. The molecule has 2 rings (SSSR count). The fourth-order valence-electron chi connectivity index (χ4n) is 2.85. The number of nitrogens with zero attached hydrogens (tertiary/aromatic N) is 3. The lowest BCUT2D eigenvalue weighted by Gasteiger charge is -2.30. The number of ether oxygens (including phenoxy) is 1. The van der Waals surface area contributed by atoms with E-state index in [1.165, 1.54) is 11.8 Å². The van der Waals surface area contributed by atoms with Gasteiger partial charge in [-0.25, -0.2) is 4.98 Å². The lowest BCUT2D eigenvalue weighted by Crippen LogP contribution is -2.38. The van der Waals surface area contributed by atoms with Crippen molar-refractivity contribution in [2.45, 2.75) is 25.0 Å². The van der Waals surface area contributed by atoms with E-state index in [-0.39, 0.29) is 11.9 Å². The summed E-state index contributed by atoms with van der Waals surface area (Å²) in [5, 5.41) is 3.91. The second kappa shape index (κ2) is 10.2. The molecule has 1 atom stereocenters. The molecule has 0 aliphatic rings. The first kappa shape index (κ1) is 20.3. The largest absolute Gasteiger partial charge is 0.497 e. The number of thioether (sulfide) groups is 1. The number of benzene rings is 1. The third kappa shape index (κ3) is 5.51. The van der Waals surface area contributed by atoms with Crippen LogP contribution in [0.25, 0.3) is 0 Å². The molecule has 1 aromatic heterocycles. The third-order valence-corrected chi connectivity index (χ3v) is 5.39. The number of nitrogens with one attached hydrogen (secondary N) is 1. The summed E-state index contributed by atoms with van der Waals surface area (Å²) >= 11 is 1.44. The summed E-state index contributed by atoms with van der Waals surface area (Å²) in [6.45, 7) is 6.66. The quantitative estimate of drug-likeness (QED) is 0.646. The molecular formula is C19H28N4O2S. The predicted molar refractivity (Wildman–Crippen MR) is 106 cm³/mol. The molecule has 0 bridgehead atoms. The van der Waals surface area contributed by atoms with E-state index >= 15 is 0 Å². The monoisotopic (exact) mass is 376 g/mol. The van der Waals surface area contributed by atoms with Crippen LogP contribution in [0.4, 0.5) is 0 Å². The van der Waals surface area contributed by atoms with Gasteiger partial charge in [-0.15, -0.1) is 0 Å². The molecular weight excluding hydrogens is 348 g/mol. The molecule has 0 aliphatic carbocycles. The van der Waals surface area contributed by atoms with E-state index in [2.05, 4.69) is 35.1 Å². The van der Waals surface area contributed by atoms with Crippen molar-refractivity contribution < 1.29 is 9.53 Å². The highest BCUT2D eigenvalue weighted by Crippen LogP contribution is 2.24. The van der Waals surface area contributed by atoms with Gasteiger partial charge in [0, 0.05) is 26.0 Å². The maximum absolute atomic E-state index is 12.3. The summed E-state index contributed by atoms with van der Waals surface area (Å²) in [6.07, 6.45) is 3.61. The number of carbonyl (C=O) groups is 1. The van der Waals surface area contributed by atoms with Crippen LogP contribution in [0.15, 0.2) is 41.8 Å². The van der Waals surface area contributed by atoms with Crippen molar-refractivity contribution in [3.63, 3.8) is 0 Å². The summed E-state index contributed by atoms with van der Waals surface area (Å²) < 4.78 is 7.26. The average molecular weight is 377 g/mol. The van der Waals surface area contributed by atoms with Gasteiger partial charge in [0.2, 0.25) is 5.91 Å². The molecule has 0 fully saturated rings. The summed E-state index contributed by atoms with van der Waals surface area (Å²) in [7, 11) is 3.59. The lowest BCUT2D eigenvalue weighted by molar-refractivity contribution is -0.118. The minimum atomic E-state index is 0.0121. The van der Waals surface area contributed by atoms with Crippen molar-refractivity contribution in [3.8, 4) is 5.75 Å². The zero-order valence-corrected chi connectivity index (χ0v) is 16.8. The van der Waals surface area contributed by atoms with Gasteiger partial charge in [0.25, 0.3) is 0 Å². The van der Waals surface area contributed by atoms with E-state index in [1.807, 2.05) is 36.0 Å². The van der Waals surface area contributed by atoms with Crippen LogP contribution in [0.1, 0.15) is 25.5 Å². The maximum atomic E-state index is 12.3. The molecule has 0 saturated heterocycles. The zero-order valence-electron chi connectivity index (χ0n) is 15.9. The van der Waals surface area contributed by atoms with Crippen molar-refractivity contribution in [3.05, 3.63) is 42.2 Å². The number of likely N-dealkylation sites (N-methyl/N-ethyl adjacent to an activating group) is 1. The summed E-state index contributed by atoms with van der Waals surface area (Å²) in [6, 6.07) is 8.16. The lowest BCUT2D eigenvalue weighted by atomic mass is 10.0. The number of methoxy groups -OCH3 is 1. The summed E-state index contributed by atoms with van der Waals surface area (Å²) in [5.41, 5.74) is 1.14. The van der Waals surface area contributed by atoms with Gasteiger partial charge in [0.15, 0.2) is 5.16 Å². The number of hydrogen-bond acceptors (Lipinski definition) is 5. The fraction of sp³-hybridized carbons (Fsp3) is 0.474. The van der Waals surface area contributed by atoms with Crippen LogP contribution >= 0.6 is 11.8 Å².